The van der Waals surface area contributed by atoms with Gasteiger partial charge in [0, 0.05) is 26.8 Å². The van der Waals surface area contributed by atoms with Crippen LogP contribution in [0.25, 0.3) is 0 Å². The Balaban J connectivity index is 0.00000364. The molecule has 0 aliphatic heterocycles. The first-order valence-corrected chi connectivity index (χ1v) is 10.0. The summed E-state index contributed by atoms with van der Waals surface area (Å²) in [5.74, 6) is 0.859. The lowest BCUT2D eigenvalue weighted by atomic mass is 9.98. The van der Waals surface area contributed by atoms with Crippen molar-refractivity contribution in [1.82, 2.24) is 10.6 Å². The molecule has 6 heteroatoms. The van der Waals surface area contributed by atoms with Crippen LogP contribution in [0, 0.1) is 0 Å². The van der Waals surface area contributed by atoms with Crippen LogP contribution in [-0.4, -0.2) is 38.9 Å². The zero-order chi connectivity index (χ0) is 18.5. The van der Waals surface area contributed by atoms with E-state index < -0.39 is 0 Å². The van der Waals surface area contributed by atoms with Gasteiger partial charge in [-0.05, 0) is 37.3 Å². The lowest BCUT2D eigenvalue weighted by molar-refractivity contribution is 0.0277. The molecule has 0 amide bonds. The molecule has 1 aliphatic rings. The summed E-state index contributed by atoms with van der Waals surface area (Å²) >= 11 is 0. The SMILES string of the molecule is CCNC(=NCc1ccccc1COC)NCCCOC1CCCCC1.I. The standard InChI is InChI=1S/C21H35N3O2.HI/c1-3-22-21(23-14-9-15-26-20-12-5-4-6-13-20)24-16-18-10-7-8-11-19(18)17-25-2;/h7-8,10-11,20H,3-6,9,12-17H2,1-2H3,(H2,22,23,24);1H. The summed E-state index contributed by atoms with van der Waals surface area (Å²) < 4.78 is 11.3. The Hall–Kier alpha value is -0.860. The molecule has 1 saturated carbocycles. The van der Waals surface area contributed by atoms with Gasteiger partial charge in [-0.1, -0.05) is 43.5 Å². The third kappa shape index (κ3) is 9.76. The Bertz CT molecular complexity index is 534. The number of ether oxygens (including phenoxy) is 2. The number of nitrogens with one attached hydrogen (secondary N) is 2. The smallest absolute Gasteiger partial charge is 0.191 e. The highest BCUT2D eigenvalue weighted by Gasteiger charge is 2.13. The topological polar surface area (TPSA) is 54.9 Å². The van der Waals surface area contributed by atoms with Crippen molar-refractivity contribution in [3.63, 3.8) is 0 Å². The minimum Gasteiger partial charge on any atom is -0.380 e. The largest absolute Gasteiger partial charge is 0.380 e. The summed E-state index contributed by atoms with van der Waals surface area (Å²) in [7, 11) is 1.72. The van der Waals surface area contributed by atoms with Crippen LogP contribution in [-0.2, 0) is 22.6 Å². The zero-order valence-electron chi connectivity index (χ0n) is 16.8. The summed E-state index contributed by atoms with van der Waals surface area (Å²) in [5.41, 5.74) is 2.39. The van der Waals surface area contributed by atoms with Crippen molar-refractivity contribution < 1.29 is 9.47 Å². The van der Waals surface area contributed by atoms with Crippen molar-refractivity contribution in [2.24, 2.45) is 4.99 Å². The van der Waals surface area contributed by atoms with Gasteiger partial charge in [0.2, 0.25) is 0 Å². The molecule has 0 unspecified atom stereocenters. The normalized spacial score (nSPS) is 15.3. The predicted molar refractivity (Wildman–Crippen MR) is 123 cm³/mol. The number of halogens is 1. The average Bonchev–Trinajstić information content (AvgIpc) is 2.68. The molecule has 5 nitrogen and oxygen atoms in total. The lowest BCUT2D eigenvalue weighted by Crippen LogP contribution is -2.38. The maximum atomic E-state index is 5.98. The molecule has 0 radical (unpaired) electrons. The van der Waals surface area contributed by atoms with Gasteiger partial charge < -0.3 is 20.1 Å². The number of methoxy groups -OCH3 is 1. The fraction of sp³-hybridized carbons (Fsp3) is 0.667. The molecule has 2 N–H and O–H groups in total. The monoisotopic (exact) mass is 489 g/mol. The van der Waals surface area contributed by atoms with Crippen molar-refractivity contribution in [2.75, 3.05) is 26.8 Å². The van der Waals surface area contributed by atoms with Crippen molar-refractivity contribution in [1.29, 1.82) is 0 Å². The highest BCUT2D eigenvalue weighted by Crippen LogP contribution is 2.20. The van der Waals surface area contributed by atoms with E-state index in [0.717, 1.165) is 32.1 Å². The van der Waals surface area contributed by atoms with Gasteiger partial charge >= 0.3 is 0 Å². The Kier molecular flexibility index (Phi) is 13.5. The molecule has 1 aromatic rings. The third-order valence-corrected chi connectivity index (χ3v) is 4.69. The van der Waals surface area contributed by atoms with Crippen LogP contribution in [0.2, 0.25) is 0 Å². The van der Waals surface area contributed by atoms with Gasteiger partial charge in [-0.25, -0.2) is 4.99 Å². The third-order valence-electron chi connectivity index (χ3n) is 4.69. The molecule has 1 fully saturated rings. The maximum Gasteiger partial charge on any atom is 0.191 e. The summed E-state index contributed by atoms with van der Waals surface area (Å²) in [4.78, 5) is 4.71. The van der Waals surface area contributed by atoms with Gasteiger partial charge in [0.1, 0.15) is 0 Å². The number of aliphatic imine (C=N–C) groups is 1. The van der Waals surface area contributed by atoms with Crippen molar-refractivity contribution >= 4 is 29.9 Å². The fourth-order valence-electron chi connectivity index (χ4n) is 3.27. The molecule has 0 heterocycles. The second-order valence-electron chi connectivity index (χ2n) is 6.81. The molecule has 0 spiro atoms. The van der Waals surface area contributed by atoms with Crippen LogP contribution in [0.5, 0.6) is 0 Å². The molecule has 0 aromatic heterocycles. The van der Waals surface area contributed by atoms with Crippen LogP contribution in [0.15, 0.2) is 29.3 Å². The number of rotatable bonds is 10. The summed E-state index contributed by atoms with van der Waals surface area (Å²) in [6.45, 7) is 5.90. The van der Waals surface area contributed by atoms with Crippen molar-refractivity contribution in [2.45, 2.75) is 64.7 Å². The van der Waals surface area contributed by atoms with E-state index in [1.807, 2.05) is 12.1 Å². The first kappa shape index (κ1) is 24.2. The number of guanidine groups is 1. The minimum atomic E-state index is 0. The van der Waals surface area contributed by atoms with E-state index in [-0.39, 0.29) is 24.0 Å². The van der Waals surface area contributed by atoms with E-state index in [4.69, 9.17) is 14.5 Å². The molecule has 0 saturated heterocycles. The second kappa shape index (κ2) is 15.1. The molecule has 27 heavy (non-hydrogen) atoms. The van der Waals surface area contributed by atoms with Gasteiger partial charge in [0.05, 0.1) is 19.3 Å². The van der Waals surface area contributed by atoms with Crippen LogP contribution >= 0.6 is 24.0 Å². The van der Waals surface area contributed by atoms with Crippen LogP contribution in [0.4, 0.5) is 0 Å². The van der Waals surface area contributed by atoms with Gasteiger partial charge in [-0.2, -0.15) is 0 Å². The number of hydrogen-bond acceptors (Lipinski definition) is 3. The maximum absolute atomic E-state index is 5.98. The first-order chi connectivity index (χ1) is 12.8. The van der Waals surface area contributed by atoms with E-state index in [1.54, 1.807) is 7.11 Å². The highest BCUT2D eigenvalue weighted by atomic mass is 127. The molecular formula is C21H36IN3O2. The fourth-order valence-corrected chi connectivity index (χ4v) is 3.27. The van der Waals surface area contributed by atoms with E-state index in [9.17, 15) is 0 Å². The van der Waals surface area contributed by atoms with Crippen LogP contribution < -0.4 is 10.6 Å². The molecule has 0 bridgehead atoms. The number of benzene rings is 1. The Morgan fingerprint density at radius 1 is 1.11 bits per heavy atom. The molecule has 2 rings (SSSR count). The Morgan fingerprint density at radius 3 is 2.56 bits per heavy atom. The van der Waals surface area contributed by atoms with E-state index in [0.29, 0.717) is 19.3 Å². The van der Waals surface area contributed by atoms with Crippen LogP contribution in [0.3, 0.4) is 0 Å². The van der Waals surface area contributed by atoms with Crippen LogP contribution in [0.1, 0.15) is 56.6 Å². The number of nitrogens with zero attached hydrogens (tertiary/aromatic N) is 1. The molecular weight excluding hydrogens is 453 g/mol. The van der Waals surface area contributed by atoms with Gasteiger partial charge in [-0.15, -0.1) is 24.0 Å². The molecule has 0 atom stereocenters. The first-order valence-electron chi connectivity index (χ1n) is 10.0. The molecule has 1 aromatic carbocycles. The minimum absolute atomic E-state index is 0. The van der Waals surface area contributed by atoms with Gasteiger partial charge in [0.15, 0.2) is 5.96 Å². The molecule has 154 valence electrons. The summed E-state index contributed by atoms with van der Waals surface area (Å²) in [5, 5.41) is 6.72. The Morgan fingerprint density at radius 2 is 1.85 bits per heavy atom. The zero-order valence-corrected chi connectivity index (χ0v) is 19.2. The van der Waals surface area contributed by atoms with E-state index in [1.165, 1.54) is 43.2 Å². The quantitative estimate of drug-likeness (QED) is 0.223. The van der Waals surface area contributed by atoms with E-state index in [2.05, 4.69) is 29.7 Å². The average molecular weight is 489 g/mol. The predicted octanol–water partition coefficient (Wildman–Crippen LogP) is 4.25. The lowest BCUT2D eigenvalue weighted by Gasteiger charge is -2.22. The summed E-state index contributed by atoms with van der Waals surface area (Å²) in [6, 6.07) is 8.29. The highest BCUT2D eigenvalue weighted by molar-refractivity contribution is 14.0. The van der Waals surface area contributed by atoms with Gasteiger partial charge in [-0.3, -0.25) is 0 Å². The number of hydrogen-bond donors (Lipinski definition) is 2. The van der Waals surface area contributed by atoms with Gasteiger partial charge in [0.25, 0.3) is 0 Å². The molecule has 1 aliphatic carbocycles. The Labute approximate surface area is 181 Å². The van der Waals surface area contributed by atoms with Crippen molar-refractivity contribution in [3.05, 3.63) is 35.4 Å². The van der Waals surface area contributed by atoms with E-state index >= 15 is 0 Å². The van der Waals surface area contributed by atoms with Crippen molar-refractivity contribution in [3.8, 4) is 0 Å². The summed E-state index contributed by atoms with van der Waals surface area (Å²) in [6.07, 6.45) is 7.98. The second-order valence-corrected chi connectivity index (χ2v) is 6.81.